The van der Waals surface area contributed by atoms with Crippen molar-refractivity contribution in [3.05, 3.63) is 23.2 Å². The molecule has 7 heteroatoms. The predicted molar refractivity (Wildman–Crippen MR) is 71.8 cm³/mol. The number of nitrogens with zero attached hydrogens (tertiary/aromatic N) is 4. The van der Waals surface area contributed by atoms with Crippen molar-refractivity contribution >= 4 is 27.4 Å². The summed E-state index contributed by atoms with van der Waals surface area (Å²) in [6.07, 6.45) is 4.85. The number of aromatic nitrogens is 3. The highest BCUT2D eigenvalue weighted by molar-refractivity contribution is 9.10. The second kappa shape index (κ2) is 5.64. The molecule has 18 heavy (non-hydrogen) atoms. The second-order valence-corrected chi connectivity index (χ2v) is 4.85. The minimum Gasteiger partial charge on any atom is -0.389 e. The Hall–Kier alpha value is -1.18. The van der Waals surface area contributed by atoms with E-state index >= 15 is 0 Å². The van der Waals surface area contributed by atoms with Crippen LogP contribution in [0, 0.1) is 0 Å². The lowest BCUT2D eigenvalue weighted by Gasteiger charge is -2.21. The molecule has 0 radical (unpaired) electrons. The number of aliphatic hydroxyl groups excluding tert-OH is 1. The molecule has 2 aromatic rings. The number of imidazole rings is 1. The smallest absolute Gasteiger partial charge is 0.180 e. The number of rotatable bonds is 5. The summed E-state index contributed by atoms with van der Waals surface area (Å²) < 4.78 is 7.51. The van der Waals surface area contributed by atoms with Crippen LogP contribution in [-0.2, 0) is 4.74 Å². The van der Waals surface area contributed by atoms with Gasteiger partial charge in [0, 0.05) is 39.3 Å². The van der Waals surface area contributed by atoms with E-state index in [1.807, 2.05) is 28.7 Å². The van der Waals surface area contributed by atoms with Crippen molar-refractivity contribution in [2.24, 2.45) is 0 Å². The Morgan fingerprint density at radius 1 is 1.61 bits per heavy atom. The molecule has 0 spiro atoms. The molecule has 1 unspecified atom stereocenters. The van der Waals surface area contributed by atoms with Crippen molar-refractivity contribution in [3.63, 3.8) is 0 Å². The zero-order valence-corrected chi connectivity index (χ0v) is 11.8. The minimum absolute atomic E-state index is 0.295. The third-order valence-electron chi connectivity index (χ3n) is 2.53. The molecule has 0 aliphatic rings. The summed E-state index contributed by atoms with van der Waals surface area (Å²) in [5, 5.41) is 9.74. The molecule has 1 N–H and O–H groups in total. The molecule has 2 aromatic heterocycles. The SMILES string of the molecule is COCC(O)CN(C)c1nc(Br)cn2ccnc12. The van der Waals surface area contributed by atoms with Gasteiger partial charge < -0.3 is 19.1 Å². The molecule has 0 aromatic carbocycles. The van der Waals surface area contributed by atoms with E-state index in [9.17, 15) is 5.11 Å². The lowest BCUT2D eigenvalue weighted by atomic mass is 10.3. The second-order valence-electron chi connectivity index (χ2n) is 4.04. The summed E-state index contributed by atoms with van der Waals surface area (Å²) in [4.78, 5) is 10.5. The quantitative estimate of drug-likeness (QED) is 0.889. The highest BCUT2D eigenvalue weighted by atomic mass is 79.9. The van der Waals surface area contributed by atoms with Gasteiger partial charge in [-0.3, -0.25) is 0 Å². The number of hydrogen-bond acceptors (Lipinski definition) is 5. The fourth-order valence-electron chi connectivity index (χ4n) is 1.79. The van der Waals surface area contributed by atoms with Crippen molar-refractivity contribution in [1.29, 1.82) is 0 Å². The summed E-state index contributed by atoms with van der Waals surface area (Å²) in [6, 6.07) is 0. The number of likely N-dealkylation sites (N-methyl/N-ethyl adjacent to an activating group) is 1. The van der Waals surface area contributed by atoms with E-state index in [2.05, 4.69) is 25.9 Å². The van der Waals surface area contributed by atoms with E-state index < -0.39 is 6.10 Å². The summed E-state index contributed by atoms with van der Waals surface area (Å²) in [5.74, 6) is 0.713. The first-order chi connectivity index (χ1) is 8.61. The molecule has 0 saturated heterocycles. The van der Waals surface area contributed by atoms with Crippen LogP contribution in [0.3, 0.4) is 0 Å². The van der Waals surface area contributed by atoms with Crippen LogP contribution in [0.4, 0.5) is 5.82 Å². The molecule has 0 aliphatic carbocycles. The molecular formula is C11H15BrN4O2. The first kappa shape index (κ1) is 13.3. The van der Waals surface area contributed by atoms with Gasteiger partial charge in [0.2, 0.25) is 0 Å². The number of anilines is 1. The first-order valence-corrected chi connectivity index (χ1v) is 6.28. The van der Waals surface area contributed by atoms with Crippen LogP contribution < -0.4 is 4.90 Å². The van der Waals surface area contributed by atoms with Crippen LogP contribution in [-0.4, -0.2) is 52.9 Å². The molecule has 1 atom stereocenters. The van der Waals surface area contributed by atoms with Crippen LogP contribution in [0.15, 0.2) is 23.2 Å². The van der Waals surface area contributed by atoms with E-state index in [0.29, 0.717) is 19.0 Å². The maximum atomic E-state index is 9.74. The third-order valence-corrected chi connectivity index (χ3v) is 2.91. The Morgan fingerprint density at radius 3 is 3.11 bits per heavy atom. The van der Waals surface area contributed by atoms with Crippen molar-refractivity contribution in [2.75, 3.05) is 32.2 Å². The van der Waals surface area contributed by atoms with Crippen LogP contribution in [0.1, 0.15) is 0 Å². The molecule has 0 bridgehead atoms. The van der Waals surface area contributed by atoms with Crippen molar-refractivity contribution in [3.8, 4) is 0 Å². The number of methoxy groups -OCH3 is 1. The standard InChI is InChI=1S/C11H15BrN4O2/c1-15(5-8(17)7-18-2)11-10-13-3-4-16(10)6-9(12)14-11/h3-4,6,8,17H,5,7H2,1-2H3. The molecule has 2 heterocycles. The van der Waals surface area contributed by atoms with Crippen LogP contribution in [0.5, 0.6) is 0 Å². The first-order valence-electron chi connectivity index (χ1n) is 5.49. The van der Waals surface area contributed by atoms with E-state index in [4.69, 9.17) is 4.74 Å². The van der Waals surface area contributed by atoms with Crippen molar-refractivity contribution in [1.82, 2.24) is 14.4 Å². The molecule has 0 amide bonds. The lowest BCUT2D eigenvalue weighted by Crippen LogP contribution is -2.32. The predicted octanol–water partition coefficient (Wildman–Crippen LogP) is 0.935. The molecule has 6 nitrogen and oxygen atoms in total. The number of aliphatic hydroxyl groups is 1. The third kappa shape index (κ3) is 2.80. The Bertz CT molecular complexity index is 531. The number of fused-ring (bicyclic) bond motifs is 1. The normalized spacial score (nSPS) is 12.9. The maximum Gasteiger partial charge on any atom is 0.180 e. The largest absolute Gasteiger partial charge is 0.389 e. The average molecular weight is 315 g/mol. The van der Waals surface area contributed by atoms with Crippen LogP contribution in [0.25, 0.3) is 5.65 Å². The molecule has 0 aliphatic heterocycles. The Balaban J connectivity index is 2.26. The van der Waals surface area contributed by atoms with Gasteiger partial charge in [-0.2, -0.15) is 0 Å². The molecular weight excluding hydrogens is 300 g/mol. The van der Waals surface area contributed by atoms with Crippen molar-refractivity contribution < 1.29 is 9.84 Å². The van der Waals surface area contributed by atoms with E-state index in [1.165, 1.54) is 0 Å². The highest BCUT2D eigenvalue weighted by Crippen LogP contribution is 2.20. The maximum absolute atomic E-state index is 9.74. The monoisotopic (exact) mass is 314 g/mol. The van der Waals surface area contributed by atoms with Gasteiger partial charge in [0.05, 0.1) is 12.7 Å². The zero-order chi connectivity index (χ0) is 13.1. The molecule has 0 fully saturated rings. The summed E-state index contributed by atoms with van der Waals surface area (Å²) >= 11 is 3.36. The number of ether oxygens (including phenoxy) is 1. The van der Waals surface area contributed by atoms with Gasteiger partial charge >= 0.3 is 0 Å². The lowest BCUT2D eigenvalue weighted by molar-refractivity contribution is 0.0694. The van der Waals surface area contributed by atoms with Gasteiger partial charge in [0.25, 0.3) is 0 Å². The van der Waals surface area contributed by atoms with Crippen LogP contribution >= 0.6 is 15.9 Å². The highest BCUT2D eigenvalue weighted by Gasteiger charge is 2.14. The van der Waals surface area contributed by atoms with Gasteiger partial charge in [-0.25, -0.2) is 9.97 Å². The number of hydrogen-bond donors (Lipinski definition) is 1. The summed E-state index contributed by atoms with van der Waals surface area (Å²) in [5.41, 5.74) is 0.755. The Kier molecular flexibility index (Phi) is 4.15. The van der Waals surface area contributed by atoms with Gasteiger partial charge in [0.1, 0.15) is 4.60 Å². The van der Waals surface area contributed by atoms with Gasteiger partial charge in [-0.15, -0.1) is 0 Å². The van der Waals surface area contributed by atoms with E-state index in [-0.39, 0.29) is 0 Å². The molecule has 2 rings (SSSR count). The van der Waals surface area contributed by atoms with E-state index in [1.54, 1.807) is 13.3 Å². The Labute approximate surface area is 113 Å². The van der Waals surface area contributed by atoms with Gasteiger partial charge in [-0.05, 0) is 15.9 Å². The van der Waals surface area contributed by atoms with Crippen LogP contribution in [0.2, 0.25) is 0 Å². The van der Waals surface area contributed by atoms with E-state index in [0.717, 1.165) is 10.3 Å². The summed E-state index contributed by atoms with van der Waals surface area (Å²) in [6.45, 7) is 0.725. The fraction of sp³-hybridized carbons (Fsp3) is 0.455. The molecule has 0 saturated carbocycles. The molecule has 98 valence electrons. The van der Waals surface area contributed by atoms with Gasteiger partial charge in [0.15, 0.2) is 11.5 Å². The summed E-state index contributed by atoms with van der Waals surface area (Å²) in [7, 11) is 3.43. The minimum atomic E-state index is -0.559. The average Bonchev–Trinajstić information content (AvgIpc) is 2.75. The zero-order valence-electron chi connectivity index (χ0n) is 10.2. The fourth-order valence-corrected chi connectivity index (χ4v) is 2.18. The number of halogens is 1. The topological polar surface area (TPSA) is 62.9 Å². The Morgan fingerprint density at radius 2 is 2.39 bits per heavy atom. The van der Waals surface area contributed by atoms with Gasteiger partial charge in [-0.1, -0.05) is 0 Å². The van der Waals surface area contributed by atoms with Crippen molar-refractivity contribution in [2.45, 2.75) is 6.10 Å².